The summed E-state index contributed by atoms with van der Waals surface area (Å²) < 4.78 is 0. The van der Waals surface area contributed by atoms with Crippen molar-refractivity contribution in [1.82, 2.24) is 0 Å². The Morgan fingerprint density at radius 3 is 2.37 bits per heavy atom. The molecule has 2 heterocycles. The lowest BCUT2D eigenvalue weighted by Crippen LogP contribution is -2.63. The summed E-state index contributed by atoms with van der Waals surface area (Å²) in [5.41, 5.74) is 2.97. The molecule has 1 N–H and O–H groups in total. The first-order valence-electron chi connectivity index (χ1n) is 9.89. The summed E-state index contributed by atoms with van der Waals surface area (Å²) in [7, 11) is 0. The molecule has 2 aliphatic heterocycles. The molecule has 2 aliphatic rings. The van der Waals surface area contributed by atoms with Gasteiger partial charge in [0.15, 0.2) is 0 Å². The van der Waals surface area contributed by atoms with Crippen LogP contribution in [0.15, 0.2) is 85.5 Å². The molecule has 0 saturated carbocycles. The highest BCUT2D eigenvalue weighted by molar-refractivity contribution is 6.22. The molecule has 2 amide bonds. The van der Waals surface area contributed by atoms with E-state index in [1.807, 2.05) is 73.7 Å². The second-order valence-corrected chi connectivity index (χ2v) is 7.53. The van der Waals surface area contributed by atoms with E-state index in [9.17, 15) is 9.59 Å². The molecule has 30 heavy (non-hydrogen) atoms. The van der Waals surface area contributed by atoms with E-state index in [0.29, 0.717) is 23.5 Å². The van der Waals surface area contributed by atoms with Crippen LogP contribution < -0.4 is 15.1 Å². The molecule has 5 rings (SSSR count). The summed E-state index contributed by atoms with van der Waals surface area (Å²) in [4.78, 5) is 31.1. The monoisotopic (exact) mass is 395 g/mol. The summed E-state index contributed by atoms with van der Waals surface area (Å²) >= 11 is 0. The van der Waals surface area contributed by atoms with Crippen LogP contribution in [0.25, 0.3) is 0 Å². The highest BCUT2D eigenvalue weighted by Gasteiger charge is 2.59. The third-order valence-electron chi connectivity index (χ3n) is 5.82. The molecule has 0 saturated heterocycles. The average molecular weight is 395 g/mol. The molecular formula is C25H21N3O2. The maximum atomic E-state index is 14.0. The summed E-state index contributed by atoms with van der Waals surface area (Å²) in [5.74, 6) is -0.406. The fourth-order valence-corrected chi connectivity index (χ4v) is 4.49. The van der Waals surface area contributed by atoms with Gasteiger partial charge in [0, 0.05) is 17.8 Å². The lowest BCUT2D eigenvalue weighted by Gasteiger charge is -2.45. The standard InChI is InChI=1S/C25H21N3O2/c1-3-16-27-22-15-9-6-12-19(22)25(24(27)30)26-20-13-7-5-11-18(20)23(29)28(25)21-14-8-4-10-17(21)2/h3-15,26H,1,16H2,2H3/t25-/m0/s1. The van der Waals surface area contributed by atoms with Gasteiger partial charge in [0.1, 0.15) is 0 Å². The normalized spacial score (nSPS) is 19.5. The number of amides is 2. The quantitative estimate of drug-likeness (QED) is 0.667. The number of carbonyl (C=O) groups is 2. The van der Waals surface area contributed by atoms with Crippen molar-refractivity contribution >= 4 is 28.9 Å². The predicted molar refractivity (Wildman–Crippen MR) is 119 cm³/mol. The number of carbonyl (C=O) groups excluding carboxylic acids is 2. The van der Waals surface area contributed by atoms with Crippen molar-refractivity contribution in [1.29, 1.82) is 0 Å². The van der Waals surface area contributed by atoms with Crippen molar-refractivity contribution in [3.05, 3.63) is 102 Å². The smallest absolute Gasteiger partial charge is 0.279 e. The lowest BCUT2D eigenvalue weighted by molar-refractivity contribution is -0.122. The zero-order chi connectivity index (χ0) is 20.9. The minimum Gasteiger partial charge on any atom is -0.350 e. The number of anilines is 3. The van der Waals surface area contributed by atoms with E-state index in [0.717, 1.165) is 16.8 Å². The number of benzene rings is 3. The molecule has 0 aromatic heterocycles. The number of fused-ring (bicyclic) bond motifs is 3. The van der Waals surface area contributed by atoms with E-state index >= 15 is 0 Å². The van der Waals surface area contributed by atoms with E-state index in [1.165, 1.54) is 0 Å². The molecule has 148 valence electrons. The first-order valence-corrected chi connectivity index (χ1v) is 9.89. The largest absolute Gasteiger partial charge is 0.350 e. The van der Waals surface area contributed by atoms with Gasteiger partial charge < -0.3 is 10.2 Å². The number of nitrogens with one attached hydrogen (secondary N) is 1. The van der Waals surface area contributed by atoms with Crippen LogP contribution in [-0.2, 0) is 10.5 Å². The molecule has 0 aliphatic carbocycles. The summed E-state index contributed by atoms with van der Waals surface area (Å²) in [5, 5.41) is 3.45. The SMILES string of the molecule is C=CCN1C(=O)[C@]2(Nc3ccccc3C(=O)N2c2ccccc2C)c2ccccc21. The van der Waals surface area contributed by atoms with Crippen molar-refractivity contribution in [2.45, 2.75) is 12.6 Å². The zero-order valence-corrected chi connectivity index (χ0v) is 16.6. The second-order valence-electron chi connectivity index (χ2n) is 7.53. The van der Waals surface area contributed by atoms with Crippen molar-refractivity contribution < 1.29 is 9.59 Å². The Morgan fingerprint density at radius 2 is 1.60 bits per heavy atom. The summed E-state index contributed by atoms with van der Waals surface area (Å²) in [6.07, 6.45) is 1.70. The molecule has 5 nitrogen and oxygen atoms in total. The third kappa shape index (κ3) is 2.29. The molecule has 3 aromatic carbocycles. The van der Waals surface area contributed by atoms with Crippen LogP contribution in [0.4, 0.5) is 17.1 Å². The van der Waals surface area contributed by atoms with E-state index in [-0.39, 0.29) is 11.8 Å². The first-order chi connectivity index (χ1) is 14.6. The lowest BCUT2D eigenvalue weighted by atomic mass is 9.91. The highest BCUT2D eigenvalue weighted by Crippen LogP contribution is 2.49. The molecular weight excluding hydrogens is 374 g/mol. The van der Waals surface area contributed by atoms with Crippen LogP contribution in [0.3, 0.4) is 0 Å². The van der Waals surface area contributed by atoms with E-state index in [1.54, 1.807) is 21.9 Å². The highest BCUT2D eigenvalue weighted by atomic mass is 16.2. The maximum absolute atomic E-state index is 14.0. The van der Waals surface area contributed by atoms with Gasteiger partial charge in [-0.15, -0.1) is 6.58 Å². The topological polar surface area (TPSA) is 52.7 Å². The molecule has 0 bridgehead atoms. The number of nitrogens with zero attached hydrogens (tertiary/aromatic N) is 2. The molecule has 0 radical (unpaired) electrons. The van der Waals surface area contributed by atoms with Gasteiger partial charge in [0.25, 0.3) is 11.8 Å². The average Bonchev–Trinajstić information content (AvgIpc) is 2.99. The predicted octanol–water partition coefficient (Wildman–Crippen LogP) is 4.45. The Bertz CT molecular complexity index is 1200. The molecule has 1 spiro atoms. The van der Waals surface area contributed by atoms with Crippen molar-refractivity contribution in [3.8, 4) is 0 Å². The Balaban J connectivity index is 1.85. The van der Waals surface area contributed by atoms with Gasteiger partial charge in [0.05, 0.1) is 16.9 Å². The van der Waals surface area contributed by atoms with Crippen LogP contribution in [0.1, 0.15) is 21.5 Å². The van der Waals surface area contributed by atoms with Crippen LogP contribution in [0.2, 0.25) is 0 Å². The summed E-state index contributed by atoms with van der Waals surface area (Å²) in [6.45, 7) is 6.12. The first kappa shape index (κ1) is 18.2. The van der Waals surface area contributed by atoms with Gasteiger partial charge in [-0.25, -0.2) is 0 Å². The van der Waals surface area contributed by atoms with Gasteiger partial charge in [-0.1, -0.05) is 54.6 Å². The molecule has 1 atom stereocenters. The van der Waals surface area contributed by atoms with Gasteiger partial charge >= 0.3 is 0 Å². The molecule has 3 aromatic rings. The fourth-order valence-electron chi connectivity index (χ4n) is 4.49. The number of para-hydroxylation sites is 3. The number of aryl methyl sites for hydroxylation is 1. The summed E-state index contributed by atoms with van der Waals surface area (Å²) in [6, 6.07) is 22.6. The molecule has 5 heteroatoms. The Hall–Kier alpha value is -3.86. The van der Waals surface area contributed by atoms with Crippen LogP contribution >= 0.6 is 0 Å². The van der Waals surface area contributed by atoms with Gasteiger partial charge in [-0.2, -0.15) is 0 Å². The van der Waals surface area contributed by atoms with Crippen LogP contribution in [-0.4, -0.2) is 18.4 Å². The second kappa shape index (κ2) is 6.59. The van der Waals surface area contributed by atoms with Gasteiger partial charge in [-0.3, -0.25) is 14.5 Å². The minimum absolute atomic E-state index is 0.199. The maximum Gasteiger partial charge on any atom is 0.279 e. The van der Waals surface area contributed by atoms with Crippen LogP contribution in [0, 0.1) is 6.92 Å². The Labute approximate surface area is 175 Å². The molecule has 0 unspecified atom stereocenters. The fraction of sp³-hybridized carbons (Fsp3) is 0.120. The van der Waals surface area contributed by atoms with E-state index in [2.05, 4.69) is 11.9 Å². The van der Waals surface area contributed by atoms with Crippen LogP contribution in [0.5, 0.6) is 0 Å². The Kier molecular flexibility index (Phi) is 4.00. The van der Waals surface area contributed by atoms with Gasteiger partial charge in [-0.05, 0) is 36.8 Å². The molecule has 0 fully saturated rings. The number of hydrogen-bond acceptors (Lipinski definition) is 3. The van der Waals surface area contributed by atoms with Crippen molar-refractivity contribution in [2.75, 3.05) is 21.7 Å². The number of rotatable bonds is 3. The van der Waals surface area contributed by atoms with E-state index in [4.69, 9.17) is 0 Å². The van der Waals surface area contributed by atoms with E-state index < -0.39 is 5.66 Å². The minimum atomic E-state index is -1.36. The zero-order valence-electron chi connectivity index (χ0n) is 16.6. The van der Waals surface area contributed by atoms with Gasteiger partial charge in [0.2, 0.25) is 5.66 Å². The third-order valence-corrected chi connectivity index (χ3v) is 5.82. The number of hydrogen-bond donors (Lipinski definition) is 1. The van der Waals surface area contributed by atoms with Crippen molar-refractivity contribution in [2.24, 2.45) is 0 Å². The Morgan fingerprint density at radius 1 is 0.933 bits per heavy atom. The van der Waals surface area contributed by atoms with Crippen molar-refractivity contribution in [3.63, 3.8) is 0 Å².